The molecule has 1 fully saturated rings. The van der Waals surface area contributed by atoms with E-state index in [1.165, 1.54) is 0 Å². The summed E-state index contributed by atoms with van der Waals surface area (Å²) in [5.74, 6) is -0.0284. The van der Waals surface area contributed by atoms with Crippen LogP contribution in [0.25, 0.3) is 0 Å². The normalized spacial score (nSPS) is 21.5. The average Bonchev–Trinajstić information content (AvgIpc) is 2.89. The number of aryl methyl sites for hydroxylation is 1. The fraction of sp³-hybridized carbons (Fsp3) is 0.667. The van der Waals surface area contributed by atoms with Gasteiger partial charge in [-0.3, -0.25) is 9.59 Å². The van der Waals surface area contributed by atoms with Crippen molar-refractivity contribution >= 4 is 23.2 Å². The maximum absolute atomic E-state index is 12.8. The molecule has 5 nitrogen and oxygen atoms in total. The number of hydrogen-bond donors (Lipinski definition) is 1. The van der Waals surface area contributed by atoms with Crippen LogP contribution in [0.15, 0.2) is 5.38 Å². The molecule has 2 amide bonds. The molecule has 1 aliphatic rings. The Balaban J connectivity index is 2.15. The van der Waals surface area contributed by atoms with Gasteiger partial charge in [-0.25, -0.2) is 4.98 Å². The van der Waals surface area contributed by atoms with Gasteiger partial charge in [0.05, 0.1) is 10.7 Å². The lowest BCUT2D eigenvalue weighted by molar-refractivity contribution is -0.154. The number of carbonyl (C=O) groups is 2. The third kappa shape index (κ3) is 2.95. The largest absolute Gasteiger partial charge is 0.340 e. The number of hydrogen-bond acceptors (Lipinski definition) is 4. The number of carbonyl (C=O) groups excluding carboxylic acids is 2. The van der Waals surface area contributed by atoms with Crippen molar-refractivity contribution in [2.75, 3.05) is 6.54 Å². The summed E-state index contributed by atoms with van der Waals surface area (Å²) < 4.78 is 0. The summed E-state index contributed by atoms with van der Waals surface area (Å²) in [6.45, 7) is 8.18. The van der Waals surface area contributed by atoms with Gasteiger partial charge in [0, 0.05) is 18.3 Å². The molecular weight excluding hydrogens is 286 g/mol. The summed E-state index contributed by atoms with van der Waals surface area (Å²) in [5.41, 5.74) is 0.253. The topological polar surface area (TPSA) is 62.3 Å². The molecule has 6 heteroatoms. The van der Waals surface area contributed by atoms with Crippen LogP contribution in [-0.4, -0.2) is 39.8 Å². The van der Waals surface area contributed by atoms with Crippen molar-refractivity contribution in [1.29, 1.82) is 0 Å². The smallest absolute Gasteiger partial charge is 0.248 e. The van der Waals surface area contributed by atoms with Crippen molar-refractivity contribution in [2.24, 2.45) is 0 Å². The van der Waals surface area contributed by atoms with E-state index in [1.54, 1.807) is 23.2 Å². The van der Waals surface area contributed by atoms with Gasteiger partial charge in [0.15, 0.2) is 0 Å². The number of aromatic nitrogens is 1. The first-order chi connectivity index (χ1) is 9.93. The van der Waals surface area contributed by atoms with E-state index in [0.29, 0.717) is 25.8 Å². The minimum Gasteiger partial charge on any atom is -0.340 e. The number of nitrogens with zero attached hydrogens (tertiary/aromatic N) is 2. The molecule has 0 bridgehead atoms. The van der Waals surface area contributed by atoms with Crippen molar-refractivity contribution in [3.05, 3.63) is 16.1 Å². The summed E-state index contributed by atoms with van der Waals surface area (Å²) in [4.78, 5) is 31.1. The molecule has 1 aromatic rings. The first-order valence-electron chi connectivity index (χ1n) is 7.47. The van der Waals surface area contributed by atoms with E-state index in [4.69, 9.17) is 0 Å². The zero-order valence-electron chi connectivity index (χ0n) is 13.1. The van der Waals surface area contributed by atoms with Gasteiger partial charge in [-0.2, -0.15) is 0 Å². The highest BCUT2D eigenvalue weighted by molar-refractivity contribution is 7.09. The van der Waals surface area contributed by atoms with Gasteiger partial charge in [0.25, 0.3) is 0 Å². The fourth-order valence-electron chi connectivity index (χ4n) is 2.77. The summed E-state index contributed by atoms with van der Waals surface area (Å²) in [6.07, 6.45) is 1.93. The number of amides is 2. The van der Waals surface area contributed by atoms with Crippen LogP contribution in [0.1, 0.15) is 44.3 Å². The maximum Gasteiger partial charge on any atom is 0.248 e. The monoisotopic (exact) mass is 309 g/mol. The summed E-state index contributed by atoms with van der Waals surface area (Å²) in [6, 6.07) is -0.413. The molecule has 116 valence electrons. The van der Waals surface area contributed by atoms with Gasteiger partial charge < -0.3 is 10.2 Å². The van der Waals surface area contributed by atoms with E-state index >= 15 is 0 Å². The molecule has 2 heterocycles. The first kappa shape index (κ1) is 15.9. The SMILES string of the molecule is CCC1(CC)NC(=O)C(C)N(CCc2csc(C)n2)C1=O. The number of piperazine rings is 1. The molecule has 1 saturated heterocycles. The van der Waals surface area contributed by atoms with Gasteiger partial charge in [-0.05, 0) is 26.7 Å². The minimum atomic E-state index is -0.735. The van der Waals surface area contributed by atoms with Gasteiger partial charge in [-0.1, -0.05) is 13.8 Å². The third-order valence-electron chi connectivity index (χ3n) is 4.36. The molecule has 1 atom stereocenters. The summed E-state index contributed by atoms with van der Waals surface area (Å²) >= 11 is 1.61. The molecule has 1 unspecified atom stereocenters. The molecule has 1 aromatic heterocycles. The molecule has 0 saturated carbocycles. The van der Waals surface area contributed by atoms with Crippen molar-refractivity contribution in [3.63, 3.8) is 0 Å². The quantitative estimate of drug-likeness (QED) is 0.903. The zero-order valence-corrected chi connectivity index (χ0v) is 13.9. The molecule has 1 N–H and O–H groups in total. The number of thiazole rings is 1. The van der Waals surface area contributed by atoms with E-state index in [0.717, 1.165) is 10.7 Å². The van der Waals surface area contributed by atoms with Crippen LogP contribution in [0.4, 0.5) is 0 Å². The van der Waals surface area contributed by atoms with E-state index in [1.807, 2.05) is 26.2 Å². The highest BCUT2D eigenvalue weighted by Gasteiger charge is 2.47. The Morgan fingerprint density at radius 2 is 2.05 bits per heavy atom. The number of rotatable bonds is 5. The lowest BCUT2D eigenvalue weighted by atomic mass is 9.87. The number of nitrogens with one attached hydrogen (secondary N) is 1. The van der Waals surface area contributed by atoms with E-state index in [2.05, 4.69) is 10.3 Å². The Kier molecular flexibility index (Phi) is 4.66. The van der Waals surface area contributed by atoms with Gasteiger partial charge in [-0.15, -0.1) is 11.3 Å². The molecule has 21 heavy (non-hydrogen) atoms. The van der Waals surface area contributed by atoms with E-state index < -0.39 is 11.6 Å². The molecule has 0 spiro atoms. The van der Waals surface area contributed by atoms with Crippen molar-refractivity contribution in [1.82, 2.24) is 15.2 Å². The second-order valence-corrected chi connectivity index (χ2v) is 6.62. The van der Waals surface area contributed by atoms with Crippen molar-refractivity contribution < 1.29 is 9.59 Å². The average molecular weight is 309 g/mol. The van der Waals surface area contributed by atoms with Crippen LogP contribution in [0.2, 0.25) is 0 Å². The van der Waals surface area contributed by atoms with Gasteiger partial charge in [0.2, 0.25) is 11.8 Å². The summed E-state index contributed by atoms with van der Waals surface area (Å²) in [7, 11) is 0. The van der Waals surface area contributed by atoms with E-state index in [-0.39, 0.29) is 11.8 Å². The van der Waals surface area contributed by atoms with Crippen LogP contribution in [0.5, 0.6) is 0 Å². The lowest BCUT2D eigenvalue weighted by Gasteiger charge is -2.44. The Morgan fingerprint density at radius 3 is 2.57 bits per heavy atom. The Morgan fingerprint density at radius 1 is 1.38 bits per heavy atom. The standard InChI is InChI=1S/C15H23N3O2S/c1-5-15(6-2)14(20)18(10(3)13(19)17-15)8-7-12-9-21-11(4)16-12/h9-10H,5-8H2,1-4H3,(H,17,19). The van der Waals surface area contributed by atoms with Crippen LogP contribution in [0.3, 0.4) is 0 Å². The highest BCUT2D eigenvalue weighted by Crippen LogP contribution is 2.25. The molecule has 0 aliphatic carbocycles. The molecule has 2 rings (SSSR count). The van der Waals surface area contributed by atoms with Crippen LogP contribution in [0, 0.1) is 6.92 Å². The van der Waals surface area contributed by atoms with Gasteiger partial charge in [0.1, 0.15) is 11.6 Å². The summed E-state index contributed by atoms with van der Waals surface area (Å²) in [5, 5.41) is 5.96. The van der Waals surface area contributed by atoms with Crippen LogP contribution < -0.4 is 5.32 Å². The fourth-order valence-corrected chi connectivity index (χ4v) is 3.42. The molecular formula is C15H23N3O2S. The molecule has 0 aromatic carbocycles. The highest BCUT2D eigenvalue weighted by atomic mass is 32.1. The Hall–Kier alpha value is -1.43. The van der Waals surface area contributed by atoms with E-state index in [9.17, 15) is 9.59 Å². The van der Waals surface area contributed by atoms with Crippen molar-refractivity contribution in [3.8, 4) is 0 Å². The maximum atomic E-state index is 12.8. The van der Waals surface area contributed by atoms with Gasteiger partial charge >= 0.3 is 0 Å². The van der Waals surface area contributed by atoms with Crippen LogP contribution >= 0.6 is 11.3 Å². The molecule has 1 aliphatic heterocycles. The second kappa shape index (κ2) is 6.13. The van der Waals surface area contributed by atoms with Crippen molar-refractivity contribution in [2.45, 2.75) is 58.5 Å². The van der Waals surface area contributed by atoms with Crippen LogP contribution in [-0.2, 0) is 16.0 Å². The molecule has 0 radical (unpaired) electrons. The lowest BCUT2D eigenvalue weighted by Crippen LogP contribution is -2.69. The third-order valence-corrected chi connectivity index (χ3v) is 5.18. The first-order valence-corrected chi connectivity index (χ1v) is 8.35. The zero-order chi connectivity index (χ0) is 15.6. The predicted octanol–water partition coefficient (Wildman–Crippen LogP) is 1.90. The second-order valence-electron chi connectivity index (χ2n) is 5.56. The Bertz CT molecular complexity index is 537. The Labute approximate surface area is 129 Å². The minimum absolute atomic E-state index is 0.0338. The predicted molar refractivity (Wildman–Crippen MR) is 83.2 cm³/mol.